The second-order valence-electron chi connectivity index (χ2n) is 6.13. The second-order valence-corrected chi connectivity index (χ2v) is 6.67. The van der Waals surface area contributed by atoms with Crippen molar-refractivity contribution in [3.63, 3.8) is 0 Å². The van der Waals surface area contributed by atoms with Crippen LogP contribution in [0, 0.1) is 0 Å². The fourth-order valence-corrected chi connectivity index (χ4v) is 2.07. The Hall–Kier alpha value is -1.67. The van der Waals surface area contributed by atoms with Crippen molar-refractivity contribution in [2.24, 2.45) is 0 Å². The van der Waals surface area contributed by atoms with E-state index in [9.17, 15) is 19.8 Å². The Morgan fingerprint density at radius 1 is 0.759 bits per heavy atom. The quantitative estimate of drug-likeness (QED) is 0.442. The van der Waals surface area contributed by atoms with Gasteiger partial charge in [0, 0.05) is 0 Å². The summed E-state index contributed by atoms with van der Waals surface area (Å²) in [5.74, 6) is -2.05. The molecule has 152 valence electrons. The average Bonchev–Trinajstić information content (AvgIpc) is 2.69. The maximum absolute atomic E-state index is 10.7. The van der Waals surface area contributed by atoms with Crippen LogP contribution in [0.4, 0.5) is 0 Å². The van der Waals surface area contributed by atoms with Crippen LogP contribution in [-0.2, 0) is 9.59 Å². The molecule has 0 saturated heterocycles. The van der Waals surface area contributed by atoms with E-state index in [0.717, 1.165) is 0 Å². The first-order valence-electron chi connectivity index (χ1n) is 8.20. The van der Waals surface area contributed by atoms with Crippen LogP contribution >= 0.6 is 23.2 Å². The fourth-order valence-electron chi connectivity index (χ4n) is 1.74. The largest absolute Gasteiger partial charge is 2.00 e. The normalized spacial score (nSPS) is 13.9. The van der Waals surface area contributed by atoms with Crippen molar-refractivity contribution < 1.29 is 29.3 Å². The molecule has 2 atom stereocenters. The first kappa shape index (κ1) is 27.3. The van der Waals surface area contributed by atoms with E-state index in [-0.39, 0.29) is 34.8 Å². The summed E-state index contributed by atoms with van der Waals surface area (Å²) in [6.45, 7) is 2.75. The molecule has 0 fully saturated rings. The molecule has 29 heavy (non-hydrogen) atoms. The summed E-state index contributed by atoms with van der Waals surface area (Å²) in [6, 6.07) is 17.3. The zero-order valence-corrected chi connectivity index (χ0v) is 19.0. The molecule has 0 aliphatic heterocycles. The van der Waals surface area contributed by atoms with Gasteiger partial charge in [-0.3, -0.25) is 0 Å². The number of para-hydroxylation sites is 2. The van der Waals surface area contributed by atoms with Gasteiger partial charge in [-0.15, -0.1) is 23.2 Å². The van der Waals surface area contributed by atoms with Crippen molar-refractivity contribution in [2.75, 3.05) is 11.8 Å². The molecule has 0 saturated carbocycles. The molecular weight excluding hydrogens is 431 g/mol. The number of carboxylic acid groups (broad SMARTS) is 2. The smallest absolute Gasteiger partial charge is 0.546 e. The van der Waals surface area contributed by atoms with E-state index in [1.165, 1.54) is 13.8 Å². The molecule has 0 radical (unpaired) electrons. The minimum atomic E-state index is -1.48. The summed E-state index contributed by atoms with van der Waals surface area (Å²) in [6.07, 6.45) is 0. The number of hydrogen-bond donors (Lipinski definition) is 0. The molecule has 0 bridgehead atoms. The van der Waals surface area contributed by atoms with Crippen LogP contribution in [0.2, 0.25) is 0 Å². The SMILES string of the molecule is CC(CCl)(Oc1ccccc1)C(=O)[O-].CC(CCl)(Oc1ccccc1)C(=O)[O-].[Mg+2]. The topological polar surface area (TPSA) is 98.7 Å². The first-order valence-corrected chi connectivity index (χ1v) is 9.27. The predicted molar refractivity (Wildman–Crippen MR) is 108 cm³/mol. The molecule has 2 unspecified atom stereocenters. The van der Waals surface area contributed by atoms with Crippen molar-refractivity contribution in [1.29, 1.82) is 0 Å². The van der Waals surface area contributed by atoms with Crippen LogP contribution < -0.4 is 19.7 Å². The van der Waals surface area contributed by atoms with Crippen LogP contribution in [0.3, 0.4) is 0 Å². The fraction of sp³-hybridized carbons (Fsp3) is 0.300. The Bertz CT molecular complexity index is 697. The van der Waals surface area contributed by atoms with E-state index in [1.807, 2.05) is 12.1 Å². The van der Waals surface area contributed by atoms with Crippen molar-refractivity contribution in [3.05, 3.63) is 60.7 Å². The minimum absolute atomic E-state index is 0. The Kier molecular flexibility index (Phi) is 12.1. The third kappa shape index (κ3) is 8.70. The van der Waals surface area contributed by atoms with Crippen LogP contribution in [0.1, 0.15) is 13.8 Å². The molecule has 2 aromatic rings. The van der Waals surface area contributed by atoms with E-state index in [0.29, 0.717) is 11.5 Å². The summed E-state index contributed by atoms with van der Waals surface area (Å²) in [5, 5.41) is 21.5. The summed E-state index contributed by atoms with van der Waals surface area (Å²) >= 11 is 11.0. The van der Waals surface area contributed by atoms with Crippen LogP contribution in [0.25, 0.3) is 0 Å². The summed E-state index contributed by atoms with van der Waals surface area (Å²) in [4.78, 5) is 21.5. The van der Waals surface area contributed by atoms with Gasteiger partial charge in [0.25, 0.3) is 0 Å². The number of halogens is 2. The van der Waals surface area contributed by atoms with Gasteiger partial charge in [0.1, 0.15) is 11.5 Å². The molecule has 0 aliphatic rings. The zero-order chi connectivity index (χ0) is 21.2. The molecule has 0 spiro atoms. The molecule has 2 aromatic carbocycles. The molecular formula is C20H20Cl2MgO6. The molecule has 0 aromatic heterocycles. The molecule has 0 N–H and O–H groups in total. The van der Waals surface area contributed by atoms with E-state index in [4.69, 9.17) is 32.7 Å². The second kappa shape index (κ2) is 12.8. The van der Waals surface area contributed by atoms with E-state index >= 15 is 0 Å². The third-order valence-corrected chi connectivity index (χ3v) is 4.57. The van der Waals surface area contributed by atoms with Gasteiger partial charge in [0.2, 0.25) is 0 Å². The molecule has 9 heteroatoms. The zero-order valence-electron chi connectivity index (χ0n) is 16.1. The summed E-state index contributed by atoms with van der Waals surface area (Å²) in [5.41, 5.74) is -2.97. The number of aliphatic carboxylic acids is 2. The first-order chi connectivity index (χ1) is 13.2. The van der Waals surface area contributed by atoms with Gasteiger partial charge in [0.05, 0.1) is 23.7 Å². The number of carbonyl (C=O) groups excluding carboxylic acids is 2. The van der Waals surface area contributed by atoms with Gasteiger partial charge in [-0.2, -0.15) is 0 Å². The molecule has 0 aliphatic carbocycles. The summed E-state index contributed by atoms with van der Waals surface area (Å²) in [7, 11) is 0. The number of carboxylic acids is 2. The number of benzene rings is 2. The Balaban J connectivity index is 0.000000523. The van der Waals surface area contributed by atoms with Crippen LogP contribution in [-0.4, -0.2) is 58.0 Å². The van der Waals surface area contributed by atoms with Crippen molar-refractivity contribution >= 4 is 58.2 Å². The number of alkyl halides is 2. The van der Waals surface area contributed by atoms with Gasteiger partial charge in [-0.1, -0.05) is 36.4 Å². The van der Waals surface area contributed by atoms with Gasteiger partial charge >= 0.3 is 23.1 Å². The van der Waals surface area contributed by atoms with Gasteiger partial charge in [0.15, 0.2) is 11.2 Å². The average molecular weight is 452 g/mol. The monoisotopic (exact) mass is 450 g/mol. The number of ether oxygens (including phenoxy) is 2. The van der Waals surface area contributed by atoms with Crippen LogP contribution in [0.15, 0.2) is 60.7 Å². The molecule has 6 nitrogen and oxygen atoms in total. The Labute approximate surface area is 195 Å². The van der Waals surface area contributed by atoms with E-state index in [1.54, 1.807) is 48.5 Å². The third-order valence-electron chi connectivity index (χ3n) is 3.55. The minimum Gasteiger partial charge on any atom is -0.546 e. The standard InChI is InChI=1S/2C10H11ClO3.Mg/c2*1-10(7-11,9(12)13)14-8-5-3-2-4-6-8;/h2*2-6H,7H2,1H3,(H,12,13);/q;;+2/p-2. The van der Waals surface area contributed by atoms with Gasteiger partial charge < -0.3 is 29.3 Å². The van der Waals surface area contributed by atoms with Crippen molar-refractivity contribution in [1.82, 2.24) is 0 Å². The molecule has 0 amide bonds. The number of hydrogen-bond acceptors (Lipinski definition) is 6. The van der Waals surface area contributed by atoms with Crippen molar-refractivity contribution in [2.45, 2.75) is 25.0 Å². The van der Waals surface area contributed by atoms with E-state index < -0.39 is 23.1 Å². The molecule has 2 rings (SSSR count). The van der Waals surface area contributed by atoms with Gasteiger partial charge in [-0.25, -0.2) is 0 Å². The number of carbonyl (C=O) groups is 2. The number of rotatable bonds is 8. The predicted octanol–water partition coefficient (Wildman–Crippen LogP) is 1.24. The Morgan fingerprint density at radius 2 is 1.03 bits per heavy atom. The van der Waals surface area contributed by atoms with E-state index in [2.05, 4.69) is 0 Å². The Morgan fingerprint density at radius 3 is 1.24 bits per heavy atom. The molecule has 0 heterocycles. The van der Waals surface area contributed by atoms with Gasteiger partial charge in [-0.05, 0) is 38.1 Å². The maximum atomic E-state index is 10.7. The van der Waals surface area contributed by atoms with Crippen molar-refractivity contribution in [3.8, 4) is 11.5 Å². The summed E-state index contributed by atoms with van der Waals surface area (Å²) < 4.78 is 10.4. The van der Waals surface area contributed by atoms with Crippen LogP contribution in [0.5, 0.6) is 11.5 Å². The maximum Gasteiger partial charge on any atom is 2.00 e.